The van der Waals surface area contributed by atoms with Gasteiger partial charge in [0.1, 0.15) is 0 Å². The highest BCUT2D eigenvalue weighted by Gasteiger charge is 1.99. The molecule has 0 aromatic carbocycles. The zero-order valence-corrected chi connectivity index (χ0v) is 20.1. The summed E-state index contributed by atoms with van der Waals surface area (Å²) in [5, 5.41) is 6.32. The number of carbonyl (C=O) groups excluding carboxylic acids is 1. The number of unbranched alkanes of at least 4 members (excludes halogenated alkanes) is 12. The molecule has 0 bridgehead atoms. The van der Waals surface area contributed by atoms with Crippen molar-refractivity contribution in [3.05, 3.63) is 0 Å². The molecular weight excluding hydrogens is 344 g/mol. The van der Waals surface area contributed by atoms with Crippen LogP contribution in [0.1, 0.15) is 137 Å². The SMILES string of the molecule is CCCCCCCCCCCCCC(=O)NCCC.CCCCNCCCC. The summed E-state index contributed by atoms with van der Waals surface area (Å²) in [7, 11) is 0. The van der Waals surface area contributed by atoms with Crippen molar-refractivity contribution in [2.45, 2.75) is 137 Å². The third kappa shape index (κ3) is 30.2. The zero-order valence-electron chi connectivity index (χ0n) is 20.1. The topological polar surface area (TPSA) is 41.1 Å². The fourth-order valence-electron chi connectivity index (χ4n) is 3.03. The van der Waals surface area contributed by atoms with Gasteiger partial charge < -0.3 is 10.6 Å². The Hall–Kier alpha value is -0.570. The van der Waals surface area contributed by atoms with Crippen LogP contribution in [0.3, 0.4) is 0 Å². The zero-order chi connectivity index (χ0) is 21.1. The van der Waals surface area contributed by atoms with Crippen molar-refractivity contribution in [2.75, 3.05) is 19.6 Å². The van der Waals surface area contributed by atoms with Crippen LogP contribution in [0.5, 0.6) is 0 Å². The van der Waals surface area contributed by atoms with Gasteiger partial charge in [-0.2, -0.15) is 0 Å². The van der Waals surface area contributed by atoms with Crippen molar-refractivity contribution < 1.29 is 4.79 Å². The maximum Gasteiger partial charge on any atom is 0.219 e. The maximum absolute atomic E-state index is 11.4. The number of amides is 1. The smallest absolute Gasteiger partial charge is 0.219 e. The molecule has 3 heteroatoms. The average molecular weight is 399 g/mol. The van der Waals surface area contributed by atoms with E-state index in [-0.39, 0.29) is 5.91 Å². The van der Waals surface area contributed by atoms with E-state index >= 15 is 0 Å². The normalized spacial score (nSPS) is 10.4. The van der Waals surface area contributed by atoms with Gasteiger partial charge in [0.05, 0.1) is 0 Å². The molecule has 0 fully saturated rings. The molecule has 0 aromatic heterocycles. The molecule has 0 aliphatic rings. The van der Waals surface area contributed by atoms with Crippen molar-refractivity contribution in [1.82, 2.24) is 10.6 Å². The lowest BCUT2D eigenvalue weighted by molar-refractivity contribution is -0.121. The Bertz CT molecular complexity index is 276. The number of hydrogen-bond donors (Lipinski definition) is 2. The van der Waals surface area contributed by atoms with Crippen LogP contribution in [0, 0.1) is 0 Å². The molecule has 0 aromatic rings. The van der Waals surface area contributed by atoms with E-state index in [1.54, 1.807) is 0 Å². The summed E-state index contributed by atoms with van der Waals surface area (Å²) in [4.78, 5) is 11.4. The highest BCUT2D eigenvalue weighted by molar-refractivity contribution is 5.75. The Balaban J connectivity index is 0. The van der Waals surface area contributed by atoms with E-state index < -0.39 is 0 Å². The number of carbonyl (C=O) groups is 1. The van der Waals surface area contributed by atoms with Gasteiger partial charge in [-0.15, -0.1) is 0 Å². The first-order chi connectivity index (χ1) is 13.7. The Morgan fingerprint density at radius 3 is 1.36 bits per heavy atom. The first-order valence-electron chi connectivity index (χ1n) is 12.7. The van der Waals surface area contributed by atoms with Crippen molar-refractivity contribution in [2.24, 2.45) is 0 Å². The average Bonchev–Trinajstić information content (AvgIpc) is 2.71. The molecule has 0 heterocycles. The molecule has 2 N–H and O–H groups in total. The molecule has 0 aliphatic carbocycles. The van der Waals surface area contributed by atoms with E-state index in [1.807, 2.05) is 0 Å². The van der Waals surface area contributed by atoms with E-state index in [9.17, 15) is 4.79 Å². The predicted molar refractivity (Wildman–Crippen MR) is 127 cm³/mol. The van der Waals surface area contributed by atoms with Crippen molar-refractivity contribution in [3.63, 3.8) is 0 Å². The minimum absolute atomic E-state index is 0.234. The monoisotopic (exact) mass is 398 g/mol. The molecule has 1 amide bonds. The van der Waals surface area contributed by atoms with Crippen LogP contribution >= 0.6 is 0 Å². The van der Waals surface area contributed by atoms with Gasteiger partial charge in [-0.05, 0) is 38.8 Å². The Morgan fingerprint density at radius 2 is 0.929 bits per heavy atom. The van der Waals surface area contributed by atoms with E-state index in [0.717, 1.165) is 25.8 Å². The summed E-state index contributed by atoms with van der Waals surface area (Å²) < 4.78 is 0. The lowest BCUT2D eigenvalue weighted by Gasteiger charge is -2.04. The summed E-state index contributed by atoms with van der Waals surface area (Å²) >= 11 is 0. The first kappa shape index (κ1) is 29.6. The first-order valence-corrected chi connectivity index (χ1v) is 12.7. The van der Waals surface area contributed by atoms with Gasteiger partial charge in [-0.25, -0.2) is 0 Å². The van der Waals surface area contributed by atoms with Crippen LogP contribution in [-0.2, 0) is 4.79 Å². The molecule has 0 saturated carbocycles. The van der Waals surface area contributed by atoms with Crippen LogP contribution < -0.4 is 10.6 Å². The second-order valence-corrected chi connectivity index (χ2v) is 8.09. The summed E-state index contributed by atoms with van der Waals surface area (Å²) in [5.41, 5.74) is 0. The second kappa shape index (κ2) is 28.6. The fraction of sp³-hybridized carbons (Fsp3) is 0.960. The number of rotatable bonds is 20. The van der Waals surface area contributed by atoms with Gasteiger partial charge in [0.2, 0.25) is 5.91 Å². The van der Waals surface area contributed by atoms with Crippen molar-refractivity contribution >= 4 is 5.91 Å². The highest BCUT2D eigenvalue weighted by Crippen LogP contribution is 2.11. The summed E-state index contributed by atoms with van der Waals surface area (Å²) in [5.74, 6) is 0.234. The molecule has 3 nitrogen and oxygen atoms in total. The van der Waals surface area contributed by atoms with Crippen LogP contribution in [0.2, 0.25) is 0 Å². The van der Waals surface area contributed by atoms with E-state index in [4.69, 9.17) is 0 Å². The van der Waals surface area contributed by atoms with Crippen LogP contribution in [-0.4, -0.2) is 25.5 Å². The minimum atomic E-state index is 0.234. The Labute approximate surface area is 178 Å². The van der Waals surface area contributed by atoms with Crippen LogP contribution in [0.4, 0.5) is 0 Å². The summed E-state index contributed by atoms with van der Waals surface area (Å²) in [6.07, 6.45) is 21.7. The Kier molecular flexibility index (Phi) is 30.3. The quantitative estimate of drug-likeness (QED) is 0.210. The van der Waals surface area contributed by atoms with E-state index in [2.05, 4.69) is 38.3 Å². The lowest BCUT2D eigenvalue weighted by Crippen LogP contribution is -2.23. The number of hydrogen-bond acceptors (Lipinski definition) is 2. The maximum atomic E-state index is 11.4. The molecule has 0 spiro atoms. The molecule has 0 saturated heterocycles. The van der Waals surface area contributed by atoms with E-state index in [0.29, 0.717) is 0 Å². The van der Waals surface area contributed by atoms with Gasteiger partial charge in [0, 0.05) is 13.0 Å². The molecule has 0 rings (SSSR count). The molecule has 0 aliphatic heterocycles. The van der Waals surface area contributed by atoms with Crippen LogP contribution in [0.15, 0.2) is 0 Å². The van der Waals surface area contributed by atoms with Gasteiger partial charge in [0.15, 0.2) is 0 Å². The van der Waals surface area contributed by atoms with Gasteiger partial charge in [0.25, 0.3) is 0 Å². The second-order valence-electron chi connectivity index (χ2n) is 8.09. The fourth-order valence-corrected chi connectivity index (χ4v) is 3.03. The molecular formula is C25H54N2O. The van der Waals surface area contributed by atoms with E-state index in [1.165, 1.54) is 103 Å². The number of nitrogens with one attached hydrogen (secondary N) is 2. The lowest BCUT2D eigenvalue weighted by atomic mass is 10.1. The molecule has 28 heavy (non-hydrogen) atoms. The molecule has 170 valence electrons. The third-order valence-electron chi connectivity index (χ3n) is 4.99. The van der Waals surface area contributed by atoms with Crippen LogP contribution in [0.25, 0.3) is 0 Å². The third-order valence-corrected chi connectivity index (χ3v) is 4.99. The summed E-state index contributed by atoms with van der Waals surface area (Å²) in [6, 6.07) is 0. The standard InChI is InChI=1S/C17H35NO.C8H19N/c1-3-5-6-7-8-9-10-11-12-13-14-15-17(19)18-16-4-2;1-3-5-7-9-8-6-4-2/h3-16H2,1-2H3,(H,18,19);9H,3-8H2,1-2H3. The molecule has 0 unspecified atom stereocenters. The largest absolute Gasteiger partial charge is 0.356 e. The van der Waals surface area contributed by atoms with Crippen molar-refractivity contribution in [1.29, 1.82) is 0 Å². The molecule has 0 atom stereocenters. The Morgan fingerprint density at radius 1 is 0.500 bits per heavy atom. The molecule has 0 radical (unpaired) electrons. The predicted octanol–water partition coefficient (Wildman–Crippen LogP) is 7.39. The van der Waals surface area contributed by atoms with Crippen molar-refractivity contribution in [3.8, 4) is 0 Å². The highest BCUT2D eigenvalue weighted by atomic mass is 16.1. The van der Waals surface area contributed by atoms with Gasteiger partial charge in [-0.3, -0.25) is 4.79 Å². The summed E-state index contributed by atoms with van der Waals surface area (Å²) in [6.45, 7) is 12.0. The van der Waals surface area contributed by atoms with Gasteiger partial charge >= 0.3 is 0 Å². The van der Waals surface area contributed by atoms with Gasteiger partial charge in [-0.1, -0.05) is 105 Å². The minimum Gasteiger partial charge on any atom is -0.356 e.